The fraction of sp³-hybridized carbons (Fsp3) is 0.235. The summed E-state index contributed by atoms with van der Waals surface area (Å²) in [6, 6.07) is 6.60. The van der Waals surface area contributed by atoms with E-state index in [1.165, 1.54) is 32.3 Å². The van der Waals surface area contributed by atoms with E-state index in [-0.39, 0.29) is 34.2 Å². The van der Waals surface area contributed by atoms with Crippen LogP contribution >= 0.6 is 0 Å². The van der Waals surface area contributed by atoms with Gasteiger partial charge in [-0.15, -0.1) is 0 Å². The second kappa shape index (κ2) is 6.99. The van der Waals surface area contributed by atoms with Crippen molar-refractivity contribution < 1.29 is 35.2 Å². The largest absolute Gasteiger partial charge is 0.486 e. The molecule has 0 saturated carbocycles. The van der Waals surface area contributed by atoms with Gasteiger partial charge in [0.05, 0.1) is 5.56 Å². The second-order valence-electron chi connectivity index (χ2n) is 5.93. The molecule has 0 unspecified atom stereocenters. The van der Waals surface area contributed by atoms with Gasteiger partial charge in [-0.05, 0) is 24.3 Å². The van der Waals surface area contributed by atoms with Crippen molar-refractivity contribution in [1.29, 1.82) is 0 Å². The molecular formula is C17H14F3NO6S. The van der Waals surface area contributed by atoms with Crippen LogP contribution < -0.4 is 10.4 Å². The molecule has 0 bridgehead atoms. The predicted octanol–water partition coefficient (Wildman–Crippen LogP) is 3.23. The third kappa shape index (κ3) is 3.90. The normalized spacial score (nSPS) is 12.6. The minimum atomic E-state index is -4.71. The summed E-state index contributed by atoms with van der Waals surface area (Å²) in [7, 11) is -1.03. The fourth-order valence-corrected chi connectivity index (χ4v) is 3.19. The van der Waals surface area contributed by atoms with Gasteiger partial charge in [0.25, 0.3) is 10.0 Å². The van der Waals surface area contributed by atoms with Crippen molar-refractivity contribution in [3.63, 3.8) is 0 Å². The first-order valence-electron chi connectivity index (χ1n) is 7.77. The first-order chi connectivity index (χ1) is 13.0. The first kappa shape index (κ1) is 20.0. The zero-order valence-electron chi connectivity index (χ0n) is 14.6. The molecule has 150 valence electrons. The molecule has 11 heteroatoms. The number of ether oxygens (including phenoxy) is 1. The Morgan fingerprint density at radius 3 is 2.43 bits per heavy atom. The lowest BCUT2D eigenvalue weighted by molar-refractivity contribution is -0.136. The Kier molecular flexibility index (Phi) is 4.98. The molecule has 1 aromatic carbocycles. The quantitative estimate of drug-likeness (QED) is 0.592. The molecule has 0 aliphatic carbocycles. The van der Waals surface area contributed by atoms with E-state index in [4.69, 9.17) is 13.6 Å². The van der Waals surface area contributed by atoms with Crippen molar-refractivity contribution in [3.05, 3.63) is 58.1 Å². The molecule has 0 aliphatic rings. The van der Waals surface area contributed by atoms with Crippen molar-refractivity contribution in [3.8, 4) is 5.75 Å². The number of hydrogen-bond acceptors (Lipinski definition) is 6. The minimum Gasteiger partial charge on any atom is -0.486 e. The summed E-state index contributed by atoms with van der Waals surface area (Å²) in [4.78, 5) is 11.4. The van der Waals surface area contributed by atoms with Gasteiger partial charge in [-0.3, -0.25) is 0 Å². The maximum absolute atomic E-state index is 13.0. The Balaban J connectivity index is 1.85. The van der Waals surface area contributed by atoms with E-state index in [1.54, 1.807) is 0 Å². The van der Waals surface area contributed by atoms with Crippen molar-refractivity contribution in [2.75, 3.05) is 14.1 Å². The number of benzene rings is 1. The van der Waals surface area contributed by atoms with E-state index >= 15 is 0 Å². The van der Waals surface area contributed by atoms with E-state index < -0.39 is 27.4 Å². The summed E-state index contributed by atoms with van der Waals surface area (Å²) in [6.45, 7) is -0.183. The number of furan rings is 1. The van der Waals surface area contributed by atoms with Crippen LogP contribution in [-0.2, 0) is 22.8 Å². The lowest BCUT2D eigenvalue weighted by Gasteiger charge is -2.10. The van der Waals surface area contributed by atoms with Gasteiger partial charge >= 0.3 is 11.8 Å². The Labute approximate surface area is 157 Å². The van der Waals surface area contributed by atoms with Crippen LogP contribution in [0.2, 0.25) is 0 Å². The highest BCUT2D eigenvalue weighted by Crippen LogP contribution is 2.35. The number of nitrogens with zero attached hydrogens (tertiary/aromatic N) is 1. The smallest absolute Gasteiger partial charge is 0.417 e. The molecule has 2 heterocycles. The average Bonchev–Trinajstić information content (AvgIpc) is 3.07. The van der Waals surface area contributed by atoms with Gasteiger partial charge < -0.3 is 13.6 Å². The molecule has 0 aliphatic heterocycles. The summed E-state index contributed by atoms with van der Waals surface area (Å²) < 4.78 is 79.5. The van der Waals surface area contributed by atoms with Gasteiger partial charge in [0.15, 0.2) is 0 Å². The third-order valence-corrected chi connectivity index (χ3v) is 5.46. The van der Waals surface area contributed by atoms with Crippen LogP contribution in [0.3, 0.4) is 0 Å². The molecule has 0 fully saturated rings. The van der Waals surface area contributed by atoms with Crippen LogP contribution in [0.15, 0.2) is 55.1 Å². The number of sulfonamides is 1. The van der Waals surface area contributed by atoms with Gasteiger partial charge in [0.2, 0.25) is 5.09 Å². The topological polar surface area (TPSA) is 90.0 Å². The molecule has 28 heavy (non-hydrogen) atoms. The Morgan fingerprint density at radius 2 is 1.79 bits per heavy atom. The van der Waals surface area contributed by atoms with E-state index in [2.05, 4.69) is 0 Å². The summed E-state index contributed by atoms with van der Waals surface area (Å²) in [5, 5.41) is -0.549. The first-order valence-corrected chi connectivity index (χ1v) is 9.21. The molecule has 7 nitrogen and oxygen atoms in total. The maximum atomic E-state index is 13.0. The average molecular weight is 417 g/mol. The molecule has 0 radical (unpaired) electrons. The number of fused-ring (bicyclic) bond motifs is 1. The highest BCUT2D eigenvalue weighted by molar-refractivity contribution is 7.88. The van der Waals surface area contributed by atoms with E-state index in [0.717, 1.165) is 16.4 Å². The maximum Gasteiger partial charge on any atom is 0.417 e. The van der Waals surface area contributed by atoms with Gasteiger partial charge in [0.1, 0.15) is 23.7 Å². The number of alkyl halides is 3. The van der Waals surface area contributed by atoms with Crippen LogP contribution in [0, 0.1) is 0 Å². The van der Waals surface area contributed by atoms with Crippen molar-refractivity contribution in [2.45, 2.75) is 17.9 Å². The van der Waals surface area contributed by atoms with E-state index in [0.29, 0.717) is 6.07 Å². The second-order valence-corrected chi connectivity index (χ2v) is 8.01. The van der Waals surface area contributed by atoms with Crippen molar-refractivity contribution >= 4 is 21.0 Å². The molecule has 2 aromatic heterocycles. The standard InChI is InChI=1S/C17H14F3NO6S/c1-21(2)28(23,24)16-6-4-11(26-16)9-25-10-3-5-12-13(17(18,19)20)8-15(22)27-14(12)7-10/h3-8H,9H2,1-2H3. The summed E-state index contributed by atoms with van der Waals surface area (Å²) in [6.07, 6.45) is -4.71. The molecule has 0 spiro atoms. The Morgan fingerprint density at radius 1 is 1.07 bits per heavy atom. The molecule has 3 rings (SSSR count). The molecule has 0 amide bonds. The van der Waals surface area contributed by atoms with E-state index in [1.807, 2.05) is 0 Å². The molecule has 0 atom stereocenters. The van der Waals surface area contributed by atoms with Gasteiger partial charge in [-0.1, -0.05) is 0 Å². The monoisotopic (exact) mass is 417 g/mol. The summed E-state index contributed by atoms with van der Waals surface area (Å²) in [5.74, 6) is 0.300. The van der Waals surface area contributed by atoms with Gasteiger partial charge in [-0.2, -0.15) is 13.2 Å². The predicted molar refractivity (Wildman–Crippen MR) is 91.4 cm³/mol. The fourth-order valence-electron chi connectivity index (χ4n) is 2.38. The number of hydrogen-bond donors (Lipinski definition) is 0. The molecule has 3 aromatic rings. The highest BCUT2D eigenvalue weighted by atomic mass is 32.2. The zero-order chi connectivity index (χ0) is 20.7. The minimum absolute atomic E-state index is 0.114. The molecule has 0 N–H and O–H groups in total. The lowest BCUT2D eigenvalue weighted by atomic mass is 10.1. The van der Waals surface area contributed by atoms with Crippen LogP contribution in [-0.4, -0.2) is 26.8 Å². The van der Waals surface area contributed by atoms with Crippen LogP contribution in [0.25, 0.3) is 11.0 Å². The summed E-state index contributed by atoms with van der Waals surface area (Å²) >= 11 is 0. The highest BCUT2D eigenvalue weighted by Gasteiger charge is 2.33. The van der Waals surface area contributed by atoms with Crippen molar-refractivity contribution in [2.24, 2.45) is 0 Å². The van der Waals surface area contributed by atoms with Crippen LogP contribution in [0.1, 0.15) is 11.3 Å². The SMILES string of the molecule is CN(C)S(=O)(=O)c1ccc(COc2ccc3c(C(F)(F)F)cc(=O)oc3c2)o1. The number of halogens is 3. The summed E-state index contributed by atoms with van der Waals surface area (Å²) in [5.41, 5.74) is -2.52. The Bertz CT molecular complexity index is 1180. The molecular weight excluding hydrogens is 403 g/mol. The van der Waals surface area contributed by atoms with E-state index in [9.17, 15) is 26.4 Å². The van der Waals surface area contributed by atoms with Crippen LogP contribution in [0.4, 0.5) is 13.2 Å². The third-order valence-electron chi connectivity index (χ3n) is 3.77. The molecule has 0 saturated heterocycles. The number of rotatable bonds is 5. The zero-order valence-corrected chi connectivity index (χ0v) is 15.4. The van der Waals surface area contributed by atoms with Gasteiger partial charge in [-0.25, -0.2) is 17.5 Å². The lowest BCUT2D eigenvalue weighted by Crippen LogP contribution is -2.21. The Hall–Kier alpha value is -2.79. The van der Waals surface area contributed by atoms with Crippen LogP contribution in [0.5, 0.6) is 5.75 Å². The van der Waals surface area contributed by atoms with Crippen molar-refractivity contribution in [1.82, 2.24) is 4.31 Å². The van der Waals surface area contributed by atoms with Gasteiger partial charge in [0, 0.05) is 31.6 Å².